The molecule has 1 N–H and O–H groups in total. The molecule has 0 fully saturated rings. The Morgan fingerprint density at radius 3 is 2.56 bits per heavy atom. The van der Waals surface area contributed by atoms with Gasteiger partial charge in [-0.05, 0) is 48.9 Å². The molecule has 1 aliphatic heterocycles. The van der Waals surface area contributed by atoms with Crippen molar-refractivity contribution in [3.8, 4) is 5.75 Å². The van der Waals surface area contributed by atoms with Crippen molar-refractivity contribution in [1.29, 1.82) is 0 Å². The van der Waals surface area contributed by atoms with Gasteiger partial charge in [0.05, 0.1) is 25.1 Å². The van der Waals surface area contributed by atoms with E-state index >= 15 is 0 Å². The number of unbranched alkanes of at least 4 members (excludes halogenated alkanes) is 5. The number of aliphatic imine (C=N–C) groups is 1. The van der Waals surface area contributed by atoms with Crippen molar-refractivity contribution in [2.24, 2.45) is 10.4 Å². The first-order chi connectivity index (χ1) is 15.4. The molecule has 0 radical (unpaired) electrons. The van der Waals surface area contributed by atoms with E-state index in [1.54, 1.807) is 11.8 Å². The van der Waals surface area contributed by atoms with Gasteiger partial charge in [0.1, 0.15) is 11.8 Å². The van der Waals surface area contributed by atoms with Crippen molar-refractivity contribution < 1.29 is 14.3 Å². The molecule has 2 aliphatic rings. The molecule has 1 aromatic carbocycles. The standard InChI is InChI=1S/C26H38N2O3S/c1-5-6-7-8-9-10-15-31-20-13-11-19(12-14-20)27-21-16-26(2,3)17-22-24(21)32-18-23(28-22)25(29)30-4/h11-14,23,28H,5-10,15-18H2,1-4H3/b27-21+. The Morgan fingerprint density at radius 2 is 1.84 bits per heavy atom. The summed E-state index contributed by atoms with van der Waals surface area (Å²) < 4.78 is 10.8. The lowest BCUT2D eigenvalue weighted by Gasteiger charge is -2.38. The summed E-state index contributed by atoms with van der Waals surface area (Å²) in [7, 11) is 1.44. The minimum atomic E-state index is -0.290. The molecule has 0 saturated heterocycles. The van der Waals surface area contributed by atoms with Gasteiger partial charge in [-0.1, -0.05) is 52.9 Å². The molecule has 176 valence electrons. The van der Waals surface area contributed by atoms with E-state index in [0.717, 1.165) is 48.7 Å². The Bertz CT molecular complexity index is 830. The maximum atomic E-state index is 12.0. The second-order valence-corrected chi connectivity index (χ2v) is 10.6. The maximum absolute atomic E-state index is 12.0. The van der Waals surface area contributed by atoms with Crippen molar-refractivity contribution >= 4 is 29.1 Å². The molecule has 1 aliphatic carbocycles. The van der Waals surface area contributed by atoms with Crippen LogP contribution < -0.4 is 10.1 Å². The first-order valence-corrected chi connectivity index (χ1v) is 12.9. The third-order valence-corrected chi connectivity index (χ3v) is 7.20. The summed E-state index contributed by atoms with van der Waals surface area (Å²) >= 11 is 1.71. The third-order valence-electron chi connectivity index (χ3n) is 5.93. The number of thioether (sulfide) groups is 1. The zero-order valence-electron chi connectivity index (χ0n) is 20.0. The topological polar surface area (TPSA) is 59.9 Å². The highest BCUT2D eigenvalue weighted by molar-refractivity contribution is 8.04. The SMILES string of the molecule is CCCCCCCCOc1ccc(/N=C2\CC(C)(C)CC3=C2SCC(C(=O)OC)N3)cc1. The summed E-state index contributed by atoms with van der Waals surface area (Å²) in [6, 6.07) is 7.80. The highest BCUT2D eigenvalue weighted by atomic mass is 32.2. The monoisotopic (exact) mass is 458 g/mol. The van der Waals surface area contributed by atoms with Crippen LogP contribution in [0.4, 0.5) is 5.69 Å². The molecule has 0 spiro atoms. The number of carbonyl (C=O) groups excluding carboxylic acids is 1. The van der Waals surface area contributed by atoms with Gasteiger partial charge in [-0.15, -0.1) is 11.8 Å². The number of nitrogens with zero attached hydrogens (tertiary/aromatic N) is 1. The Kier molecular flexibility index (Phi) is 9.09. The van der Waals surface area contributed by atoms with Gasteiger partial charge < -0.3 is 14.8 Å². The van der Waals surface area contributed by atoms with Gasteiger partial charge in [-0.3, -0.25) is 4.99 Å². The molecule has 1 aromatic rings. The van der Waals surface area contributed by atoms with Crippen LogP contribution in [0, 0.1) is 5.41 Å². The van der Waals surface area contributed by atoms with Crippen molar-refractivity contribution in [2.75, 3.05) is 19.5 Å². The largest absolute Gasteiger partial charge is 0.494 e. The summed E-state index contributed by atoms with van der Waals surface area (Å²) in [6.45, 7) is 7.52. The van der Waals surface area contributed by atoms with E-state index in [1.165, 1.54) is 44.1 Å². The van der Waals surface area contributed by atoms with Crippen LogP contribution in [-0.2, 0) is 9.53 Å². The Labute approximate surface area is 197 Å². The molecule has 0 amide bonds. The first-order valence-electron chi connectivity index (χ1n) is 11.9. The van der Waals surface area contributed by atoms with E-state index in [0.29, 0.717) is 5.75 Å². The predicted octanol–water partition coefficient (Wildman–Crippen LogP) is 6.41. The number of ether oxygens (including phenoxy) is 2. The van der Waals surface area contributed by atoms with E-state index in [2.05, 4.69) is 26.1 Å². The number of carbonyl (C=O) groups is 1. The zero-order chi connectivity index (χ0) is 23.0. The molecular weight excluding hydrogens is 420 g/mol. The van der Waals surface area contributed by atoms with Crippen LogP contribution in [0.5, 0.6) is 5.75 Å². The minimum absolute atomic E-state index is 0.0867. The quantitative estimate of drug-likeness (QED) is 0.324. The van der Waals surface area contributed by atoms with Gasteiger partial charge in [0.2, 0.25) is 0 Å². The van der Waals surface area contributed by atoms with Crippen LogP contribution in [0.3, 0.4) is 0 Å². The van der Waals surface area contributed by atoms with E-state index in [9.17, 15) is 4.79 Å². The fourth-order valence-corrected chi connectivity index (χ4v) is 5.38. The highest BCUT2D eigenvalue weighted by Gasteiger charge is 2.37. The highest BCUT2D eigenvalue weighted by Crippen LogP contribution is 2.43. The molecule has 1 atom stereocenters. The molecule has 6 heteroatoms. The number of rotatable bonds is 10. The predicted molar refractivity (Wildman–Crippen MR) is 134 cm³/mol. The zero-order valence-corrected chi connectivity index (χ0v) is 20.9. The third kappa shape index (κ3) is 7.03. The molecule has 0 bridgehead atoms. The molecular formula is C26H38N2O3S. The van der Waals surface area contributed by atoms with Crippen LogP contribution in [0.15, 0.2) is 39.9 Å². The summed E-state index contributed by atoms with van der Waals surface area (Å²) in [5.41, 5.74) is 3.24. The Morgan fingerprint density at radius 1 is 1.12 bits per heavy atom. The smallest absolute Gasteiger partial charge is 0.329 e. The van der Waals surface area contributed by atoms with E-state index in [4.69, 9.17) is 14.5 Å². The number of methoxy groups -OCH3 is 1. The van der Waals surface area contributed by atoms with Crippen molar-refractivity contribution in [1.82, 2.24) is 5.32 Å². The van der Waals surface area contributed by atoms with E-state index in [1.807, 2.05) is 24.3 Å². The number of benzene rings is 1. The molecule has 0 saturated carbocycles. The average Bonchev–Trinajstić information content (AvgIpc) is 2.78. The van der Waals surface area contributed by atoms with Crippen molar-refractivity contribution in [2.45, 2.75) is 78.2 Å². The molecule has 3 rings (SSSR count). The summed E-state index contributed by atoms with van der Waals surface area (Å²) in [6.07, 6.45) is 9.42. The van der Waals surface area contributed by atoms with Gasteiger partial charge >= 0.3 is 5.97 Å². The number of esters is 1. The Hall–Kier alpha value is -1.95. The molecule has 1 unspecified atom stereocenters. The van der Waals surface area contributed by atoms with Crippen LogP contribution >= 0.6 is 11.8 Å². The van der Waals surface area contributed by atoms with Gasteiger partial charge in [-0.25, -0.2) is 4.79 Å². The van der Waals surface area contributed by atoms with E-state index < -0.39 is 0 Å². The van der Waals surface area contributed by atoms with Gasteiger partial charge in [0, 0.05) is 16.4 Å². The lowest BCUT2D eigenvalue weighted by molar-refractivity contribution is -0.142. The maximum Gasteiger partial charge on any atom is 0.329 e. The Balaban J connectivity index is 1.62. The van der Waals surface area contributed by atoms with Crippen LogP contribution in [0.1, 0.15) is 72.1 Å². The normalized spacial score (nSPS) is 21.1. The lowest BCUT2D eigenvalue weighted by atomic mass is 9.78. The fraction of sp³-hybridized carbons (Fsp3) is 0.615. The van der Waals surface area contributed by atoms with Gasteiger partial charge in [0.15, 0.2) is 0 Å². The first kappa shape index (κ1) is 24.7. The summed E-state index contributed by atoms with van der Waals surface area (Å²) in [4.78, 5) is 18.2. The number of nitrogens with one attached hydrogen (secondary N) is 1. The summed E-state index contributed by atoms with van der Waals surface area (Å²) in [5, 5.41) is 3.41. The lowest BCUT2D eigenvalue weighted by Crippen LogP contribution is -2.45. The van der Waals surface area contributed by atoms with Crippen LogP contribution in [0.25, 0.3) is 0 Å². The second kappa shape index (κ2) is 11.8. The molecule has 5 nitrogen and oxygen atoms in total. The van der Waals surface area contributed by atoms with Crippen molar-refractivity contribution in [3.63, 3.8) is 0 Å². The average molecular weight is 459 g/mol. The van der Waals surface area contributed by atoms with Crippen LogP contribution in [0.2, 0.25) is 0 Å². The fourth-order valence-electron chi connectivity index (χ4n) is 4.24. The van der Waals surface area contributed by atoms with Crippen LogP contribution in [-0.4, -0.2) is 37.2 Å². The molecule has 1 heterocycles. The summed E-state index contributed by atoms with van der Waals surface area (Å²) in [5.74, 6) is 1.36. The number of hydrogen-bond donors (Lipinski definition) is 1. The van der Waals surface area contributed by atoms with Gasteiger partial charge in [0.25, 0.3) is 0 Å². The minimum Gasteiger partial charge on any atom is -0.494 e. The van der Waals surface area contributed by atoms with Crippen molar-refractivity contribution in [3.05, 3.63) is 34.9 Å². The molecule has 0 aromatic heterocycles. The second-order valence-electron chi connectivity index (χ2n) is 9.53. The number of hydrogen-bond acceptors (Lipinski definition) is 6. The molecule has 32 heavy (non-hydrogen) atoms. The van der Waals surface area contributed by atoms with Gasteiger partial charge in [-0.2, -0.15) is 0 Å². The van der Waals surface area contributed by atoms with E-state index in [-0.39, 0.29) is 17.4 Å². The number of allylic oxidation sites excluding steroid dienone is 2.